The Morgan fingerprint density at radius 2 is 1.90 bits per heavy atom. The average molecular weight is 423 g/mol. The van der Waals surface area contributed by atoms with Gasteiger partial charge in [-0.05, 0) is 45.7 Å². The fraction of sp³-hybridized carbons (Fsp3) is 0.550. The SMILES string of the molecule is CC(C)(C)OC(=O)N1CC[C@@]2(CCn3nc(-c4cnc(N)c(C(F)(F)F)c4)cc32)C1. The highest BCUT2D eigenvalue weighted by Crippen LogP contribution is 2.44. The largest absolute Gasteiger partial charge is 0.444 e. The molecule has 0 aliphatic carbocycles. The number of alkyl halides is 3. The van der Waals surface area contributed by atoms with E-state index < -0.39 is 23.2 Å². The number of pyridine rings is 1. The number of halogens is 3. The number of likely N-dealkylation sites (tertiary alicyclic amines) is 1. The van der Waals surface area contributed by atoms with Crippen molar-refractivity contribution in [2.75, 3.05) is 18.8 Å². The zero-order valence-corrected chi connectivity index (χ0v) is 17.1. The second-order valence-electron chi connectivity index (χ2n) is 8.97. The molecule has 7 nitrogen and oxygen atoms in total. The van der Waals surface area contributed by atoms with Crippen LogP contribution in [0.2, 0.25) is 0 Å². The quantitative estimate of drug-likeness (QED) is 0.754. The normalized spacial score (nSPS) is 21.3. The first kappa shape index (κ1) is 20.5. The van der Waals surface area contributed by atoms with Crippen molar-refractivity contribution in [3.8, 4) is 11.3 Å². The average Bonchev–Trinajstić information content (AvgIpc) is 3.30. The van der Waals surface area contributed by atoms with E-state index in [0.29, 0.717) is 25.3 Å². The molecule has 2 aromatic heterocycles. The number of amides is 1. The maximum Gasteiger partial charge on any atom is 0.419 e. The molecule has 4 heterocycles. The minimum atomic E-state index is -4.59. The topological polar surface area (TPSA) is 86.3 Å². The van der Waals surface area contributed by atoms with Crippen LogP contribution in [0.5, 0.6) is 0 Å². The number of aryl methyl sites for hydroxylation is 1. The van der Waals surface area contributed by atoms with Gasteiger partial charge in [-0.25, -0.2) is 9.78 Å². The zero-order valence-electron chi connectivity index (χ0n) is 17.1. The van der Waals surface area contributed by atoms with Crippen LogP contribution in [-0.2, 0) is 22.9 Å². The van der Waals surface area contributed by atoms with Gasteiger partial charge in [0.1, 0.15) is 11.4 Å². The molecule has 10 heteroatoms. The van der Waals surface area contributed by atoms with Gasteiger partial charge in [0.15, 0.2) is 0 Å². The van der Waals surface area contributed by atoms with Gasteiger partial charge in [-0.1, -0.05) is 0 Å². The van der Waals surface area contributed by atoms with Crippen molar-refractivity contribution < 1.29 is 22.7 Å². The molecular weight excluding hydrogens is 399 g/mol. The number of hydrogen-bond donors (Lipinski definition) is 1. The highest BCUT2D eigenvalue weighted by molar-refractivity contribution is 5.69. The van der Waals surface area contributed by atoms with Crippen LogP contribution >= 0.6 is 0 Å². The number of carbonyl (C=O) groups excluding carboxylic acids is 1. The number of nitrogen functional groups attached to an aromatic ring is 1. The molecule has 2 N–H and O–H groups in total. The highest BCUT2D eigenvalue weighted by atomic mass is 19.4. The third-order valence-electron chi connectivity index (χ3n) is 5.65. The van der Waals surface area contributed by atoms with Crippen molar-refractivity contribution in [2.24, 2.45) is 0 Å². The van der Waals surface area contributed by atoms with Gasteiger partial charge >= 0.3 is 12.3 Å². The van der Waals surface area contributed by atoms with Gasteiger partial charge in [0.25, 0.3) is 0 Å². The van der Waals surface area contributed by atoms with Gasteiger partial charge in [-0.3, -0.25) is 4.68 Å². The molecule has 1 fully saturated rings. The Kier molecular flexibility index (Phi) is 4.52. The van der Waals surface area contributed by atoms with Gasteiger partial charge in [-0.15, -0.1) is 0 Å². The molecule has 1 saturated heterocycles. The first-order chi connectivity index (χ1) is 13.9. The molecule has 0 radical (unpaired) electrons. The molecule has 0 aromatic carbocycles. The Bertz CT molecular complexity index is 995. The third kappa shape index (κ3) is 3.59. The number of rotatable bonds is 1. The van der Waals surface area contributed by atoms with E-state index in [4.69, 9.17) is 10.5 Å². The van der Waals surface area contributed by atoms with Crippen molar-refractivity contribution in [1.82, 2.24) is 19.7 Å². The highest BCUT2D eigenvalue weighted by Gasteiger charge is 2.47. The van der Waals surface area contributed by atoms with Gasteiger partial charge < -0.3 is 15.4 Å². The smallest absolute Gasteiger partial charge is 0.419 e. The lowest BCUT2D eigenvalue weighted by atomic mass is 9.82. The molecule has 4 rings (SSSR count). The molecule has 2 aliphatic heterocycles. The maximum absolute atomic E-state index is 13.2. The lowest BCUT2D eigenvalue weighted by Crippen LogP contribution is -2.37. The summed E-state index contributed by atoms with van der Waals surface area (Å²) in [5, 5.41) is 4.50. The predicted molar refractivity (Wildman–Crippen MR) is 104 cm³/mol. The van der Waals surface area contributed by atoms with Crippen molar-refractivity contribution >= 4 is 11.9 Å². The Morgan fingerprint density at radius 3 is 2.57 bits per heavy atom. The van der Waals surface area contributed by atoms with E-state index in [2.05, 4.69) is 10.1 Å². The van der Waals surface area contributed by atoms with E-state index in [1.165, 1.54) is 6.20 Å². The molecule has 2 aromatic rings. The fourth-order valence-electron chi connectivity index (χ4n) is 4.21. The molecule has 1 spiro atoms. The van der Waals surface area contributed by atoms with Crippen LogP contribution in [0, 0.1) is 0 Å². The van der Waals surface area contributed by atoms with E-state index >= 15 is 0 Å². The Hall–Kier alpha value is -2.78. The molecule has 162 valence electrons. The molecule has 0 unspecified atom stereocenters. The van der Waals surface area contributed by atoms with E-state index in [0.717, 1.165) is 24.6 Å². The molecule has 30 heavy (non-hydrogen) atoms. The summed E-state index contributed by atoms with van der Waals surface area (Å²) < 4.78 is 46.9. The summed E-state index contributed by atoms with van der Waals surface area (Å²) in [7, 11) is 0. The standard InChI is InChI=1S/C20H24F3N5O2/c1-18(2,3)30-17(29)27-6-4-19(11-27)5-7-28-15(19)9-14(26-28)12-8-13(20(21,22)23)16(24)25-10-12/h8-10H,4-7,11H2,1-3H3,(H2,24,25)/t19-/m1/s1. The second kappa shape index (κ2) is 6.61. The summed E-state index contributed by atoms with van der Waals surface area (Å²) in [6.07, 6.45) is -2.06. The summed E-state index contributed by atoms with van der Waals surface area (Å²) in [6.45, 7) is 7.18. The molecule has 2 aliphatic rings. The van der Waals surface area contributed by atoms with Crippen molar-refractivity contribution in [1.29, 1.82) is 0 Å². The van der Waals surface area contributed by atoms with Crippen molar-refractivity contribution in [3.63, 3.8) is 0 Å². The minimum absolute atomic E-state index is 0.260. The summed E-state index contributed by atoms with van der Waals surface area (Å²) in [6, 6.07) is 2.79. The first-order valence-electron chi connectivity index (χ1n) is 9.77. The summed E-state index contributed by atoms with van der Waals surface area (Å²) in [5.74, 6) is -0.557. The van der Waals surface area contributed by atoms with Crippen LogP contribution in [0.3, 0.4) is 0 Å². The number of fused-ring (bicyclic) bond motifs is 2. The van der Waals surface area contributed by atoms with E-state index in [-0.39, 0.29) is 17.1 Å². The molecule has 1 amide bonds. The Balaban J connectivity index is 1.60. The van der Waals surface area contributed by atoms with Gasteiger partial charge in [0.05, 0.1) is 11.3 Å². The van der Waals surface area contributed by atoms with Crippen LogP contribution in [0.15, 0.2) is 18.3 Å². The number of hydrogen-bond acceptors (Lipinski definition) is 5. The molecular formula is C20H24F3N5O2. The monoisotopic (exact) mass is 423 g/mol. The molecule has 1 atom stereocenters. The summed E-state index contributed by atoms with van der Waals surface area (Å²) >= 11 is 0. The van der Waals surface area contributed by atoms with Crippen LogP contribution < -0.4 is 5.73 Å². The number of aromatic nitrogens is 3. The lowest BCUT2D eigenvalue weighted by Gasteiger charge is -2.26. The van der Waals surface area contributed by atoms with Crippen molar-refractivity contribution in [3.05, 3.63) is 29.6 Å². The summed E-state index contributed by atoms with van der Waals surface area (Å²) in [5.41, 5.74) is 5.19. The van der Waals surface area contributed by atoms with Gasteiger partial charge in [-0.2, -0.15) is 18.3 Å². The molecule has 0 saturated carbocycles. The van der Waals surface area contributed by atoms with Crippen molar-refractivity contribution in [2.45, 2.75) is 57.3 Å². The van der Waals surface area contributed by atoms with E-state index in [9.17, 15) is 18.0 Å². The van der Waals surface area contributed by atoms with E-state index in [1.807, 2.05) is 25.5 Å². The predicted octanol–water partition coefficient (Wildman–Crippen LogP) is 3.83. The van der Waals surface area contributed by atoms with Crippen LogP contribution in [0.1, 0.15) is 44.9 Å². The third-order valence-corrected chi connectivity index (χ3v) is 5.65. The number of anilines is 1. The summed E-state index contributed by atoms with van der Waals surface area (Å²) in [4.78, 5) is 17.9. The van der Waals surface area contributed by atoms with Gasteiger partial charge in [0, 0.05) is 42.5 Å². The first-order valence-corrected chi connectivity index (χ1v) is 9.77. The molecule has 0 bridgehead atoms. The second-order valence-corrected chi connectivity index (χ2v) is 8.97. The Labute approximate surface area is 172 Å². The maximum atomic E-state index is 13.2. The number of ether oxygens (including phenoxy) is 1. The van der Waals surface area contributed by atoms with Crippen LogP contribution in [-0.4, -0.2) is 44.4 Å². The fourth-order valence-corrected chi connectivity index (χ4v) is 4.21. The lowest BCUT2D eigenvalue weighted by molar-refractivity contribution is -0.137. The van der Waals surface area contributed by atoms with Crippen LogP contribution in [0.25, 0.3) is 11.3 Å². The van der Waals surface area contributed by atoms with E-state index in [1.54, 1.807) is 11.0 Å². The minimum Gasteiger partial charge on any atom is -0.444 e. The number of nitrogens with zero attached hydrogens (tertiary/aromatic N) is 4. The zero-order chi connectivity index (χ0) is 21.9. The van der Waals surface area contributed by atoms with Gasteiger partial charge in [0.2, 0.25) is 0 Å². The number of carbonyl (C=O) groups is 1. The van der Waals surface area contributed by atoms with Crippen LogP contribution in [0.4, 0.5) is 23.8 Å². The Morgan fingerprint density at radius 1 is 1.20 bits per heavy atom. The number of nitrogens with two attached hydrogens (primary N) is 1.